The molecule has 0 atom stereocenters. The molecule has 0 aliphatic heterocycles. The van der Waals surface area contributed by atoms with Gasteiger partial charge in [0.1, 0.15) is 0 Å². The van der Waals surface area contributed by atoms with Crippen LogP contribution in [0.5, 0.6) is 0 Å². The zero-order chi connectivity index (χ0) is 15.2. The van der Waals surface area contributed by atoms with Gasteiger partial charge in [0.15, 0.2) is 0 Å². The summed E-state index contributed by atoms with van der Waals surface area (Å²) in [4.78, 5) is 16.1. The van der Waals surface area contributed by atoms with E-state index >= 15 is 0 Å². The topological polar surface area (TPSA) is 46.9 Å². The van der Waals surface area contributed by atoms with E-state index in [4.69, 9.17) is 0 Å². The lowest BCUT2D eigenvalue weighted by molar-refractivity contribution is 0.0954. The largest absolute Gasteiger partial charge is 0.352 e. The van der Waals surface area contributed by atoms with E-state index in [2.05, 4.69) is 22.4 Å². The molecule has 1 N–H and O–H groups in total. The molecule has 1 heterocycles. The average Bonchev–Trinajstić information content (AvgIpc) is 3.10. The molecule has 4 heteroatoms. The summed E-state index contributed by atoms with van der Waals surface area (Å²) in [6, 6.07) is 17.6. The zero-order valence-electron chi connectivity index (χ0n) is 12.1. The van der Waals surface area contributed by atoms with Gasteiger partial charge in [0.25, 0.3) is 5.91 Å². The summed E-state index contributed by atoms with van der Waals surface area (Å²) in [5, 5.41) is 2.94. The lowest BCUT2D eigenvalue weighted by atomic mass is 10.1. The third-order valence-electron chi connectivity index (χ3n) is 3.47. The van der Waals surface area contributed by atoms with Gasteiger partial charge in [-0.3, -0.25) is 4.79 Å². The number of hydrogen-bond donors (Lipinski definition) is 1. The van der Waals surface area contributed by atoms with Crippen LogP contribution in [0.4, 0.5) is 0 Å². The van der Waals surface area contributed by atoms with Crippen LogP contribution in [0.1, 0.15) is 15.9 Å². The van der Waals surface area contributed by atoms with Crippen molar-refractivity contribution >= 4 is 5.91 Å². The molecular formula is C18H17N3O. The standard InChI is InChI=1S/C18H17N3O/c22-18(20-11-10-15-4-2-1-3-5-15)16-6-8-17(9-7-16)21-13-12-19-14-21/h1-9,12-14H,10-11H2,(H,20,22). The summed E-state index contributed by atoms with van der Waals surface area (Å²) in [7, 11) is 0. The first-order valence-corrected chi connectivity index (χ1v) is 7.23. The Labute approximate surface area is 129 Å². The summed E-state index contributed by atoms with van der Waals surface area (Å²) >= 11 is 0. The van der Waals surface area contributed by atoms with Crippen LogP contribution in [0, 0.1) is 0 Å². The maximum Gasteiger partial charge on any atom is 0.251 e. The summed E-state index contributed by atoms with van der Waals surface area (Å²) in [5.41, 5.74) is 2.87. The smallest absolute Gasteiger partial charge is 0.251 e. The minimum absolute atomic E-state index is 0.0480. The van der Waals surface area contributed by atoms with E-state index in [1.54, 1.807) is 12.5 Å². The Balaban J connectivity index is 1.56. The molecule has 0 saturated heterocycles. The Kier molecular flexibility index (Phi) is 4.30. The van der Waals surface area contributed by atoms with Gasteiger partial charge >= 0.3 is 0 Å². The van der Waals surface area contributed by atoms with Crippen molar-refractivity contribution in [3.8, 4) is 5.69 Å². The summed E-state index contributed by atoms with van der Waals surface area (Å²) in [6.07, 6.45) is 6.16. The third kappa shape index (κ3) is 3.41. The van der Waals surface area contributed by atoms with Gasteiger partial charge in [0, 0.05) is 30.2 Å². The summed E-state index contributed by atoms with van der Waals surface area (Å²) < 4.78 is 1.90. The van der Waals surface area contributed by atoms with Crippen LogP contribution in [0.3, 0.4) is 0 Å². The first-order chi connectivity index (χ1) is 10.8. The molecule has 110 valence electrons. The normalized spacial score (nSPS) is 10.4. The van der Waals surface area contributed by atoms with Crippen LogP contribution in [0.25, 0.3) is 5.69 Å². The summed E-state index contributed by atoms with van der Waals surface area (Å²) in [6.45, 7) is 0.631. The van der Waals surface area contributed by atoms with Gasteiger partial charge in [-0.15, -0.1) is 0 Å². The lowest BCUT2D eigenvalue weighted by Gasteiger charge is -2.07. The molecule has 0 fully saturated rings. The minimum atomic E-state index is -0.0480. The predicted molar refractivity (Wildman–Crippen MR) is 86.0 cm³/mol. The summed E-state index contributed by atoms with van der Waals surface area (Å²) in [5.74, 6) is -0.0480. The van der Waals surface area contributed by atoms with E-state index in [9.17, 15) is 4.79 Å². The molecule has 4 nitrogen and oxygen atoms in total. The molecule has 0 saturated carbocycles. The van der Waals surface area contributed by atoms with Crippen molar-refractivity contribution in [1.29, 1.82) is 0 Å². The number of amides is 1. The highest BCUT2D eigenvalue weighted by Gasteiger charge is 2.05. The molecular weight excluding hydrogens is 274 g/mol. The SMILES string of the molecule is O=C(NCCc1ccccc1)c1ccc(-n2ccnc2)cc1. The first-order valence-electron chi connectivity index (χ1n) is 7.23. The molecule has 0 bridgehead atoms. The Morgan fingerprint density at radius 3 is 2.50 bits per heavy atom. The maximum absolute atomic E-state index is 12.1. The predicted octanol–water partition coefficient (Wildman–Crippen LogP) is 2.84. The average molecular weight is 291 g/mol. The highest BCUT2D eigenvalue weighted by molar-refractivity contribution is 5.94. The Morgan fingerprint density at radius 2 is 1.82 bits per heavy atom. The highest BCUT2D eigenvalue weighted by Crippen LogP contribution is 2.09. The van der Waals surface area contributed by atoms with Crippen molar-refractivity contribution < 1.29 is 4.79 Å². The van der Waals surface area contributed by atoms with E-state index in [1.165, 1.54) is 5.56 Å². The fourth-order valence-electron chi connectivity index (χ4n) is 2.26. The van der Waals surface area contributed by atoms with E-state index in [0.717, 1.165) is 12.1 Å². The van der Waals surface area contributed by atoms with E-state index in [1.807, 2.05) is 53.2 Å². The van der Waals surface area contributed by atoms with Gasteiger partial charge in [-0.2, -0.15) is 0 Å². The molecule has 0 aliphatic rings. The number of hydrogen-bond acceptors (Lipinski definition) is 2. The molecule has 0 radical (unpaired) electrons. The van der Waals surface area contributed by atoms with Crippen LogP contribution in [-0.4, -0.2) is 22.0 Å². The van der Waals surface area contributed by atoms with Gasteiger partial charge in [0.05, 0.1) is 6.33 Å². The number of benzene rings is 2. The Hall–Kier alpha value is -2.88. The second-order valence-corrected chi connectivity index (χ2v) is 5.01. The molecule has 0 unspecified atom stereocenters. The van der Waals surface area contributed by atoms with Gasteiger partial charge in [-0.25, -0.2) is 4.98 Å². The molecule has 1 amide bonds. The minimum Gasteiger partial charge on any atom is -0.352 e. The van der Waals surface area contributed by atoms with E-state index < -0.39 is 0 Å². The number of carbonyl (C=O) groups is 1. The lowest BCUT2D eigenvalue weighted by Crippen LogP contribution is -2.25. The number of carbonyl (C=O) groups excluding carboxylic acids is 1. The number of nitrogens with one attached hydrogen (secondary N) is 1. The number of nitrogens with zero attached hydrogens (tertiary/aromatic N) is 2. The van der Waals surface area contributed by atoms with E-state index in [-0.39, 0.29) is 5.91 Å². The number of rotatable bonds is 5. The number of imidazole rings is 1. The van der Waals surface area contributed by atoms with E-state index in [0.29, 0.717) is 12.1 Å². The highest BCUT2D eigenvalue weighted by atomic mass is 16.1. The second-order valence-electron chi connectivity index (χ2n) is 5.01. The van der Waals surface area contributed by atoms with Crippen LogP contribution in [-0.2, 0) is 6.42 Å². The second kappa shape index (κ2) is 6.72. The van der Waals surface area contributed by atoms with Crippen LogP contribution >= 0.6 is 0 Å². The van der Waals surface area contributed by atoms with Gasteiger partial charge in [-0.05, 0) is 36.2 Å². The Morgan fingerprint density at radius 1 is 1.05 bits per heavy atom. The van der Waals surface area contributed by atoms with Crippen molar-refractivity contribution in [2.24, 2.45) is 0 Å². The van der Waals surface area contributed by atoms with Gasteiger partial charge in [0.2, 0.25) is 0 Å². The van der Waals surface area contributed by atoms with Crippen molar-refractivity contribution in [1.82, 2.24) is 14.9 Å². The van der Waals surface area contributed by atoms with Gasteiger partial charge < -0.3 is 9.88 Å². The molecule has 3 rings (SSSR count). The zero-order valence-corrected chi connectivity index (χ0v) is 12.1. The molecule has 3 aromatic rings. The van der Waals surface area contributed by atoms with Crippen molar-refractivity contribution in [2.45, 2.75) is 6.42 Å². The van der Waals surface area contributed by atoms with Crippen LogP contribution in [0.2, 0.25) is 0 Å². The quantitative estimate of drug-likeness (QED) is 0.785. The van der Waals surface area contributed by atoms with Crippen molar-refractivity contribution in [3.05, 3.63) is 84.4 Å². The monoisotopic (exact) mass is 291 g/mol. The van der Waals surface area contributed by atoms with Crippen LogP contribution in [0.15, 0.2) is 73.3 Å². The first kappa shape index (κ1) is 14.1. The van der Waals surface area contributed by atoms with Gasteiger partial charge in [-0.1, -0.05) is 30.3 Å². The maximum atomic E-state index is 12.1. The van der Waals surface area contributed by atoms with Crippen LogP contribution < -0.4 is 5.32 Å². The molecule has 22 heavy (non-hydrogen) atoms. The van der Waals surface area contributed by atoms with Crippen molar-refractivity contribution in [3.63, 3.8) is 0 Å². The fraction of sp³-hybridized carbons (Fsp3) is 0.111. The molecule has 1 aromatic heterocycles. The molecule has 2 aromatic carbocycles. The van der Waals surface area contributed by atoms with Crippen molar-refractivity contribution in [2.75, 3.05) is 6.54 Å². The Bertz CT molecular complexity index is 719. The molecule has 0 spiro atoms. The fourth-order valence-corrected chi connectivity index (χ4v) is 2.26. The number of aromatic nitrogens is 2. The molecule has 0 aliphatic carbocycles. The third-order valence-corrected chi connectivity index (χ3v) is 3.47.